The van der Waals surface area contributed by atoms with Crippen LogP contribution in [0.4, 0.5) is 0 Å². The first-order valence-electron chi connectivity index (χ1n) is 4.94. The number of hydrogen-bond acceptors (Lipinski definition) is 2. The molecule has 1 heterocycles. The predicted octanol–water partition coefficient (Wildman–Crippen LogP) is 2.04. The molecule has 3 heteroatoms. The molecule has 1 atom stereocenters. The van der Waals surface area contributed by atoms with E-state index in [-0.39, 0.29) is 0 Å². The average molecular weight is 193 g/mol. The summed E-state index contributed by atoms with van der Waals surface area (Å²) in [4.78, 5) is 0. The van der Waals surface area contributed by atoms with Crippen LogP contribution in [0.5, 0.6) is 0 Å². The average Bonchev–Trinajstić information content (AvgIpc) is 2.53. The third-order valence-corrected chi connectivity index (χ3v) is 2.30. The maximum absolute atomic E-state index is 4.38. The number of nitrogens with one attached hydrogen (secondary N) is 1. The highest BCUT2D eigenvalue weighted by Crippen LogP contribution is 2.17. The number of allylic oxidation sites excluding steroid dienone is 1. The molecule has 1 aromatic rings. The smallest absolute Gasteiger partial charge is 0.0793 e. The summed E-state index contributed by atoms with van der Waals surface area (Å²) in [6.07, 6.45) is 4.07. The third-order valence-electron chi connectivity index (χ3n) is 2.30. The van der Waals surface area contributed by atoms with E-state index in [0.717, 1.165) is 18.5 Å². The lowest BCUT2D eigenvalue weighted by Crippen LogP contribution is -2.17. The van der Waals surface area contributed by atoms with Crippen LogP contribution in [-0.4, -0.2) is 16.8 Å². The normalized spacial score (nSPS) is 12.8. The van der Waals surface area contributed by atoms with Gasteiger partial charge in [-0.2, -0.15) is 5.10 Å². The Kier molecular flexibility index (Phi) is 3.89. The number of aromatic nitrogens is 2. The standard InChI is InChI=1S/C11H19N3/c1-9(2)5-6-10(12-3)11-7-8-14(4)13-11/h7-8,10,12H,1,5-6H2,2-4H3. The summed E-state index contributed by atoms with van der Waals surface area (Å²) < 4.78 is 1.83. The van der Waals surface area contributed by atoms with Crippen molar-refractivity contribution < 1.29 is 0 Å². The molecular weight excluding hydrogens is 174 g/mol. The first-order valence-corrected chi connectivity index (χ1v) is 4.94. The molecule has 0 bridgehead atoms. The molecule has 0 aromatic carbocycles. The van der Waals surface area contributed by atoms with Crippen molar-refractivity contribution in [1.29, 1.82) is 0 Å². The molecule has 0 fully saturated rings. The minimum absolute atomic E-state index is 0.341. The lowest BCUT2D eigenvalue weighted by Gasteiger charge is -2.13. The molecule has 0 aliphatic heterocycles. The fraction of sp³-hybridized carbons (Fsp3) is 0.545. The van der Waals surface area contributed by atoms with Crippen LogP contribution in [-0.2, 0) is 7.05 Å². The van der Waals surface area contributed by atoms with Gasteiger partial charge in [0.15, 0.2) is 0 Å². The van der Waals surface area contributed by atoms with E-state index in [0.29, 0.717) is 6.04 Å². The van der Waals surface area contributed by atoms with Crippen molar-refractivity contribution in [1.82, 2.24) is 15.1 Å². The van der Waals surface area contributed by atoms with Crippen molar-refractivity contribution >= 4 is 0 Å². The SMILES string of the molecule is C=C(C)CCC(NC)c1ccn(C)n1. The van der Waals surface area contributed by atoms with E-state index in [9.17, 15) is 0 Å². The number of hydrogen-bond donors (Lipinski definition) is 1. The highest BCUT2D eigenvalue weighted by Gasteiger charge is 2.11. The van der Waals surface area contributed by atoms with Gasteiger partial charge >= 0.3 is 0 Å². The van der Waals surface area contributed by atoms with E-state index >= 15 is 0 Å². The molecule has 0 radical (unpaired) electrons. The zero-order chi connectivity index (χ0) is 10.6. The summed E-state index contributed by atoms with van der Waals surface area (Å²) in [5.74, 6) is 0. The molecule has 14 heavy (non-hydrogen) atoms. The summed E-state index contributed by atoms with van der Waals surface area (Å²) in [6, 6.07) is 2.40. The van der Waals surface area contributed by atoms with E-state index < -0.39 is 0 Å². The highest BCUT2D eigenvalue weighted by molar-refractivity contribution is 5.06. The van der Waals surface area contributed by atoms with Crippen molar-refractivity contribution in [3.05, 3.63) is 30.1 Å². The maximum Gasteiger partial charge on any atom is 0.0793 e. The molecule has 1 aromatic heterocycles. The summed E-state index contributed by atoms with van der Waals surface area (Å²) in [5.41, 5.74) is 2.33. The Morgan fingerprint density at radius 1 is 1.71 bits per heavy atom. The summed E-state index contributed by atoms with van der Waals surface area (Å²) in [7, 11) is 3.91. The van der Waals surface area contributed by atoms with Gasteiger partial charge in [-0.05, 0) is 32.9 Å². The Bertz CT molecular complexity index is 301. The van der Waals surface area contributed by atoms with Gasteiger partial charge in [-0.1, -0.05) is 5.57 Å². The van der Waals surface area contributed by atoms with Gasteiger partial charge in [-0.3, -0.25) is 4.68 Å². The third kappa shape index (κ3) is 3.00. The molecule has 3 nitrogen and oxygen atoms in total. The van der Waals surface area contributed by atoms with Crippen LogP contribution >= 0.6 is 0 Å². The second-order valence-corrected chi connectivity index (χ2v) is 3.75. The van der Waals surface area contributed by atoms with Crippen molar-refractivity contribution in [3.8, 4) is 0 Å². The van der Waals surface area contributed by atoms with Crippen LogP contribution in [0.2, 0.25) is 0 Å². The Balaban J connectivity index is 2.58. The van der Waals surface area contributed by atoms with Crippen molar-refractivity contribution in [2.45, 2.75) is 25.8 Å². The Morgan fingerprint density at radius 2 is 2.43 bits per heavy atom. The van der Waals surface area contributed by atoms with E-state index in [1.807, 2.05) is 25.0 Å². The first-order chi connectivity index (χ1) is 6.63. The maximum atomic E-state index is 4.38. The van der Waals surface area contributed by atoms with E-state index in [1.54, 1.807) is 0 Å². The minimum atomic E-state index is 0.341. The van der Waals surface area contributed by atoms with Crippen LogP contribution in [0.3, 0.4) is 0 Å². The van der Waals surface area contributed by atoms with Gasteiger partial charge in [0.25, 0.3) is 0 Å². The first kappa shape index (κ1) is 11.0. The number of nitrogens with zero attached hydrogens (tertiary/aromatic N) is 2. The van der Waals surface area contributed by atoms with Gasteiger partial charge in [0, 0.05) is 13.2 Å². The quantitative estimate of drug-likeness (QED) is 0.725. The van der Waals surface area contributed by atoms with Crippen LogP contribution in [0, 0.1) is 0 Å². The zero-order valence-electron chi connectivity index (χ0n) is 9.25. The minimum Gasteiger partial charge on any atom is -0.312 e. The Labute approximate surface area is 85.8 Å². The molecule has 0 spiro atoms. The fourth-order valence-corrected chi connectivity index (χ4v) is 1.45. The number of rotatable bonds is 5. The predicted molar refractivity (Wildman–Crippen MR) is 59.1 cm³/mol. The topological polar surface area (TPSA) is 29.9 Å². The lowest BCUT2D eigenvalue weighted by atomic mass is 10.1. The molecule has 0 saturated carbocycles. The van der Waals surface area contributed by atoms with Crippen LogP contribution in [0.15, 0.2) is 24.4 Å². The van der Waals surface area contributed by atoms with Gasteiger partial charge in [0.2, 0.25) is 0 Å². The molecule has 78 valence electrons. The summed E-state index contributed by atoms with van der Waals surface area (Å²) in [6.45, 7) is 5.97. The molecule has 0 saturated heterocycles. The zero-order valence-corrected chi connectivity index (χ0v) is 9.25. The second-order valence-electron chi connectivity index (χ2n) is 3.75. The molecule has 0 aliphatic carbocycles. The van der Waals surface area contributed by atoms with Gasteiger partial charge in [-0.15, -0.1) is 6.58 Å². The van der Waals surface area contributed by atoms with Gasteiger partial charge in [0.1, 0.15) is 0 Å². The van der Waals surface area contributed by atoms with E-state index in [1.165, 1.54) is 5.57 Å². The number of aryl methyl sites for hydroxylation is 1. The van der Waals surface area contributed by atoms with Gasteiger partial charge in [0.05, 0.1) is 11.7 Å². The van der Waals surface area contributed by atoms with E-state index in [4.69, 9.17) is 0 Å². The molecule has 0 amide bonds. The Morgan fingerprint density at radius 3 is 2.86 bits per heavy atom. The lowest BCUT2D eigenvalue weighted by molar-refractivity contribution is 0.526. The van der Waals surface area contributed by atoms with Crippen molar-refractivity contribution in [2.24, 2.45) is 7.05 Å². The van der Waals surface area contributed by atoms with Gasteiger partial charge in [-0.25, -0.2) is 0 Å². The molecule has 0 aliphatic rings. The highest BCUT2D eigenvalue weighted by atomic mass is 15.3. The van der Waals surface area contributed by atoms with Gasteiger partial charge < -0.3 is 5.32 Å². The molecule has 1 rings (SSSR count). The second kappa shape index (κ2) is 4.96. The molecule has 1 N–H and O–H groups in total. The molecule has 1 unspecified atom stereocenters. The largest absolute Gasteiger partial charge is 0.312 e. The summed E-state index contributed by atoms with van der Waals surface area (Å²) in [5, 5.41) is 7.65. The monoisotopic (exact) mass is 193 g/mol. The van der Waals surface area contributed by atoms with Crippen molar-refractivity contribution in [3.63, 3.8) is 0 Å². The summed E-state index contributed by atoms with van der Waals surface area (Å²) >= 11 is 0. The van der Waals surface area contributed by atoms with E-state index in [2.05, 4.69) is 30.0 Å². The Hall–Kier alpha value is -1.09. The molecular formula is C11H19N3. The van der Waals surface area contributed by atoms with Crippen LogP contribution in [0.1, 0.15) is 31.5 Å². The van der Waals surface area contributed by atoms with Crippen LogP contribution < -0.4 is 5.32 Å². The van der Waals surface area contributed by atoms with Crippen LogP contribution in [0.25, 0.3) is 0 Å². The fourth-order valence-electron chi connectivity index (χ4n) is 1.45. The van der Waals surface area contributed by atoms with Crippen molar-refractivity contribution in [2.75, 3.05) is 7.05 Å².